The Morgan fingerprint density at radius 3 is 2.50 bits per heavy atom. The zero-order valence-electron chi connectivity index (χ0n) is 12.8. The van der Waals surface area contributed by atoms with E-state index in [1.165, 1.54) is 14.2 Å². The Bertz CT molecular complexity index is 547. The molecule has 0 saturated carbocycles. The van der Waals surface area contributed by atoms with E-state index in [1.54, 1.807) is 12.1 Å². The first-order valence-corrected chi connectivity index (χ1v) is 7.66. The lowest BCUT2D eigenvalue weighted by Gasteiger charge is -2.14. The molecule has 1 atom stereocenters. The molecule has 0 fully saturated rings. The van der Waals surface area contributed by atoms with Crippen molar-refractivity contribution in [3.63, 3.8) is 0 Å². The van der Waals surface area contributed by atoms with Gasteiger partial charge in [-0.15, -0.1) is 0 Å². The molecular formula is C15H20BrNO5. The van der Waals surface area contributed by atoms with Crippen molar-refractivity contribution in [1.29, 1.82) is 0 Å². The van der Waals surface area contributed by atoms with Gasteiger partial charge in [0.05, 0.1) is 24.6 Å². The summed E-state index contributed by atoms with van der Waals surface area (Å²) >= 11 is 3.32. The second kappa shape index (κ2) is 8.63. The minimum absolute atomic E-state index is 0.0912. The molecule has 0 heterocycles. The highest BCUT2D eigenvalue weighted by Crippen LogP contribution is 2.36. The highest BCUT2D eigenvalue weighted by Gasteiger charge is 2.19. The number of carboxylic acid groups (broad SMARTS) is 1. The van der Waals surface area contributed by atoms with E-state index in [9.17, 15) is 9.59 Å². The predicted octanol–water partition coefficient (Wildman–Crippen LogP) is 2.70. The normalized spacial score (nSPS) is 11.6. The first-order valence-electron chi connectivity index (χ1n) is 6.87. The number of halogens is 1. The molecule has 1 aromatic carbocycles. The summed E-state index contributed by atoms with van der Waals surface area (Å²) in [4.78, 5) is 23.3. The van der Waals surface area contributed by atoms with Crippen LogP contribution in [0.3, 0.4) is 0 Å². The van der Waals surface area contributed by atoms with Gasteiger partial charge in [-0.2, -0.15) is 0 Å². The smallest absolute Gasteiger partial charge is 0.308 e. The molecule has 0 aliphatic rings. The molecular weight excluding hydrogens is 354 g/mol. The van der Waals surface area contributed by atoms with Crippen LogP contribution in [0, 0.1) is 5.92 Å². The van der Waals surface area contributed by atoms with Crippen molar-refractivity contribution in [3.05, 3.63) is 22.2 Å². The molecule has 0 radical (unpaired) electrons. The van der Waals surface area contributed by atoms with Crippen LogP contribution in [0.1, 0.15) is 30.1 Å². The molecule has 1 rings (SSSR count). The molecule has 1 amide bonds. The van der Waals surface area contributed by atoms with Crippen molar-refractivity contribution in [2.24, 2.45) is 5.92 Å². The minimum Gasteiger partial charge on any atom is -0.493 e. The third-order valence-electron chi connectivity index (χ3n) is 3.19. The van der Waals surface area contributed by atoms with Crippen molar-refractivity contribution >= 4 is 27.8 Å². The molecule has 0 aromatic heterocycles. The van der Waals surface area contributed by atoms with E-state index in [4.69, 9.17) is 14.6 Å². The van der Waals surface area contributed by atoms with E-state index < -0.39 is 11.9 Å². The van der Waals surface area contributed by atoms with Crippen molar-refractivity contribution < 1.29 is 24.2 Å². The summed E-state index contributed by atoms with van der Waals surface area (Å²) in [5.41, 5.74) is 0.366. The number of nitrogens with one attached hydrogen (secondary N) is 1. The number of carbonyl (C=O) groups excluding carboxylic acids is 1. The lowest BCUT2D eigenvalue weighted by Crippen LogP contribution is -2.32. The number of hydrogen-bond donors (Lipinski definition) is 2. The quantitative estimate of drug-likeness (QED) is 0.731. The van der Waals surface area contributed by atoms with Gasteiger partial charge in [0.15, 0.2) is 11.5 Å². The maximum absolute atomic E-state index is 12.2. The molecule has 0 aliphatic carbocycles. The fourth-order valence-electron chi connectivity index (χ4n) is 2.03. The van der Waals surface area contributed by atoms with Crippen LogP contribution < -0.4 is 14.8 Å². The van der Waals surface area contributed by atoms with Crippen molar-refractivity contribution in [1.82, 2.24) is 5.32 Å². The Labute approximate surface area is 137 Å². The topological polar surface area (TPSA) is 84.9 Å². The number of carbonyl (C=O) groups is 2. The predicted molar refractivity (Wildman–Crippen MR) is 85.6 cm³/mol. The molecule has 122 valence electrons. The number of rotatable bonds is 8. The Kier molecular flexibility index (Phi) is 7.17. The van der Waals surface area contributed by atoms with Crippen LogP contribution in [0.2, 0.25) is 0 Å². The summed E-state index contributed by atoms with van der Waals surface area (Å²) in [5, 5.41) is 11.7. The average molecular weight is 374 g/mol. The van der Waals surface area contributed by atoms with Gasteiger partial charge in [0.2, 0.25) is 0 Å². The van der Waals surface area contributed by atoms with Crippen LogP contribution in [-0.4, -0.2) is 37.7 Å². The van der Waals surface area contributed by atoms with E-state index in [0.29, 0.717) is 28.0 Å². The van der Waals surface area contributed by atoms with Gasteiger partial charge in [0.25, 0.3) is 5.91 Å². The Morgan fingerprint density at radius 2 is 2.00 bits per heavy atom. The lowest BCUT2D eigenvalue weighted by molar-refractivity contribution is -0.141. The number of aliphatic carboxylic acids is 1. The first-order chi connectivity index (χ1) is 10.4. The van der Waals surface area contributed by atoms with Crippen LogP contribution in [0.4, 0.5) is 0 Å². The third-order valence-corrected chi connectivity index (χ3v) is 3.78. The zero-order valence-corrected chi connectivity index (χ0v) is 14.4. The molecule has 7 heteroatoms. The van der Waals surface area contributed by atoms with E-state index >= 15 is 0 Å². The summed E-state index contributed by atoms with van der Waals surface area (Å²) in [5.74, 6) is -0.934. The second-order valence-corrected chi connectivity index (χ2v) is 5.58. The molecule has 6 nitrogen and oxygen atoms in total. The molecule has 0 bridgehead atoms. The Morgan fingerprint density at radius 1 is 1.32 bits per heavy atom. The van der Waals surface area contributed by atoms with Crippen LogP contribution >= 0.6 is 15.9 Å². The fourth-order valence-corrected chi connectivity index (χ4v) is 2.63. The summed E-state index contributed by atoms with van der Waals surface area (Å²) in [6.07, 6.45) is 1.26. The number of hydrogen-bond acceptors (Lipinski definition) is 4. The summed E-state index contributed by atoms with van der Waals surface area (Å²) < 4.78 is 10.9. The molecule has 22 heavy (non-hydrogen) atoms. The van der Waals surface area contributed by atoms with E-state index in [1.807, 2.05) is 6.92 Å². The number of carboxylic acids is 1. The maximum atomic E-state index is 12.2. The minimum atomic E-state index is -0.907. The van der Waals surface area contributed by atoms with Crippen molar-refractivity contribution in [3.8, 4) is 11.5 Å². The number of benzene rings is 1. The van der Waals surface area contributed by atoms with Gasteiger partial charge in [0, 0.05) is 12.1 Å². The third kappa shape index (κ3) is 4.62. The summed E-state index contributed by atoms with van der Waals surface area (Å²) in [7, 11) is 2.98. The molecule has 1 unspecified atom stereocenters. The number of amides is 1. The maximum Gasteiger partial charge on any atom is 0.308 e. The van der Waals surface area contributed by atoms with E-state index in [0.717, 1.165) is 6.42 Å². The van der Waals surface area contributed by atoms with E-state index in [-0.39, 0.29) is 12.5 Å². The SMILES string of the molecule is CCCC(CNC(=O)c1cc(Br)c(OC)c(OC)c1)C(=O)O. The Balaban J connectivity index is 2.85. The van der Waals surface area contributed by atoms with Gasteiger partial charge in [-0.3, -0.25) is 9.59 Å². The van der Waals surface area contributed by atoms with Gasteiger partial charge in [-0.25, -0.2) is 0 Å². The standard InChI is InChI=1S/C15H20BrNO5/c1-4-5-9(15(19)20)8-17-14(18)10-6-11(16)13(22-3)12(7-10)21-2/h6-7,9H,4-5,8H2,1-3H3,(H,17,18)(H,19,20). The largest absolute Gasteiger partial charge is 0.493 e. The van der Waals surface area contributed by atoms with Gasteiger partial charge in [-0.1, -0.05) is 13.3 Å². The van der Waals surface area contributed by atoms with Gasteiger partial charge >= 0.3 is 5.97 Å². The molecule has 0 saturated heterocycles. The summed E-state index contributed by atoms with van der Waals surface area (Å²) in [6.45, 7) is 2.00. The van der Waals surface area contributed by atoms with Crippen LogP contribution in [0.15, 0.2) is 16.6 Å². The van der Waals surface area contributed by atoms with Gasteiger partial charge < -0.3 is 19.9 Å². The second-order valence-electron chi connectivity index (χ2n) is 4.73. The summed E-state index contributed by atoms with van der Waals surface area (Å²) in [6, 6.07) is 3.15. The number of ether oxygens (including phenoxy) is 2. The van der Waals surface area contributed by atoms with Gasteiger partial charge in [0.1, 0.15) is 0 Å². The highest BCUT2D eigenvalue weighted by atomic mass is 79.9. The molecule has 0 spiro atoms. The Hall–Kier alpha value is -1.76. The lowest BCUT2D eigenvalue weighted by atomic mass is 10.0. The van der Waals surface area contributed by atoms with Gasteiger partial charge in [-0.05, 0) is 34.5 Å². The van der Waals surface area contributed by atoms with Crippen molar-refractivity contribution in [2.45, 2.75) is 19.8 Å². The fraction of sp³-hybridized carbons (Fsp3) is 0.467. The zero-order chi connectivity index (χ0) is 16.7. The highest BCUT2D eigenvalue weighted by molar-refractivity contribution is 9.10. The van der Waals surface area contributed by atoms with Crippen LogP contribution in [0.25, 0.3) is 0 Å². The molecule has 2 N–H and O–H groups in total. The first kappa shape index (κ1) is 18.3. The van der Waals surface area contributed by atoms with Crippen molar-refractivity contribution in [2.75, 3.05) is 20.8 Å². The van der Waals surface area contributed by atoms with Crippen LogP contribution in [0.5, 0.6) is 11.5 Å². The van der Waals surface area contributed by atoms with Crippen LogP contribution in [-0.2, 0) is 4.79 Å². The number of methoxy groups -OCH3 is 2. The molecule has 0 aliphatic heterocycles. The molecule has 1 aromatic rings. The average Bonchev–Trinajstić information content (AvgIpc) is 2.49. The monoisotopic (exact) mass is 373 g/mol. The van der Waals surface area contributed by atoms with E-state index in [2.05, 4.69) is 21.2 Å².